The Kier molecular flexibility index (Phi) is 3.44. The predicted molar refractivity (Wildman–Crippen MR) is 60.5 cm³/mol. The summed E-state index contributed by atoms with van der Waals surface area (Å²) < 4.78 is 5.47. The standard InChI is InChI=1S/C12H20N2O/c1-2-7-14(10-5-6-10)11(9-13)12-4-3-8-15-12/h3-4,8,10-11H,2,5-7,9,13H2,1H3. The van der Waals surface area contributed by atoms with Crippen molar-refractivity contribution in [1.82, 2.24) is 4.90 Å². The van der Waals surface area contributed by atoms with Crippen LogP contribution in [0.2, 0.25) is 0 Å². The molecule has 3 heteroatoms. The smallest absolute Gasteiger partial charge is 0.122 e. The van der Waals surface area contributed by atoms with Crippen molar-refractivity contribution in [2.45, 2.75) is 38.3 Å². The van der Waals surface area contributed by atoms with Gasteiger partial charge in [0.1, 0.15) is 5.76 Å². The molecule has 1 unspecified atom stereocenters. The average molecular weight is 208 g/mol. The summed E-state index contributed by atoms with van der Waals surface area (Å²) in [4.78, 5) is 2.50. The van der Waals surface area contributed by atoms with Gasteiger partial charge in [0.25, 0.3) is 0 Å². The fourth-order valence-corrected chi connectivity index (χ4v) is 2.15. The first-order valence-corrected chi connectivity index (χ1v) is 5.86. The highest BCUT2D eigenvalue weighted by molar-refractivity contribution is 5.07. The maximum atomic E-state index is 5.86. The third-order valence-corrected chi connectivity index (χ3v) is 2.99. The van der Waals surface area contributed by atoms with Crippen molar-refractivity contribution in [2.75, 3.05) is 13.1 Å². The monoisotopic (exact) mass is 208 g/mol. The van der Waals surface area contributed by atoms with E-state index in [9.17, 15) is 0 Å². The van der Waals surface area contributed by atoms with Crippen molar-refractivity contribution < 1.29 is 4.42 Å². The second-order valence-electron chi connectivity index (χ2n) is 4.24. The maximum absolute atomic E-state index is 5.86. The van der Waals surface area contributed by atoms with Gasteiger partial charge in [0, 0.05) is 12.6 Å². The SMILES string of the molecule is CCCN(C1CC1)C(CN)c1ccco1. The Balaban J connectivity index is 2.08. The molecule has 1 saturated carbocycles. The lowest BCUT2D eigenvalue weighted by Crippen LogP contribution is -2.35. The van der Waals surface area contributed by atoms with Crippen LogP contribution in [0.3, 0.4) is 0 Å². The van der Waals surface area contributed by atoms with Crippen LogP contribution in [0.1, 0.15) is 38.0 Å². The van der Waals surface area contributed by atoms with E-state index in [1.807, 2.05) is 12.1 Å². The van der Waals surface area contributed by atoms with Crippen LogP contribution in [0.25, 0.3) is 0 Å². The molecule has 2 rings (SSSR count). The van der Waals surface area contributed by atoms with E-state index in [0.717, 1.165) is 18.3 Å². The summed E-state index contributed by atoms with van der Waals surface area (Å²) in [6.07, 6.45) is 5.54. The van der Waals surface area contributed by atoms with Gasteiger partial charge in [-0.15, -0.1) is 0 Å². The summed E-state index contributed by atoms with van der Waals surface area (Å²) in [7, 11) is 0. The molecule has 84 valence electrons. The molecule has 0 radical (unpaired) electrons. The van der Waals surface area contributed by atoms with Crippen LogP contribution in [0.4, 0.5) is 0 Å². The zero-order valence-electron chi connectivity index (χ0n) is 9.36. The van der Waals surface area contributed by atoms with Crippen LogP contribution in [-0.4, -0.2) is 24.0 Å². The van der Waals surface area contributed by atoms with Crippen LogP contribution in [0.5, 0.6) is 0 Å². The Morgan fingerprint density at radius 1 is 1.60 bits per heavy atom. The molecule has 1 heterocycles. The van der Waals surface area contributed by atoms with Gasteiger partial charge in [-0.3, -0.25) is 4.90 Å². The molecule has 0 amide bonds. The molecular weight excluding hydrogens is 188 g/mol. The van der Waals surface area contributed by atoms with Crippen LogP contribution in [-0.2, 0) is 0 Å². The van der Waals surface area contributed by atoms with Crippen LogP contribution >= 0.6 is 0 Å². The number of hydrogen-bond donors (Lipinski definition) is 1. The summed E-state index contributed by atoms with van der Waals surface area (Å²) in [5.74, 6) is 1.01. The van der Waals surface area contributed by atoms with Gasteiger partial charge in [-0.2, -0.15) is 0 Å². The molecule has 2 N–H and O–H groups in total. The maximum Gasteiger partial charge on any atom is 0.122 e. The topological polar surface area (TPSA) is 42.4 Å². The molecule has 1 aliphatic rings. The van der Waals surface area contributed by atoms with Crippen molar-refractivity contribution in [3.63, 3.8) is 0 Å². The minimum Gasteiger partial charge on any atom is -0.468 e. The van der Waals surface area contributed by atoms with Crippen molar-refractivity contribution >= 4 is 0 Å². The van der Waals surface area contributed by atoms with E-state index in [0.29, 0.717) is 6.54 Å². The molecule has 0 spiro atoms. The summed E-state index contributed by atoms with van der Waals surface area (Å²) in [5, 5.41) is 0. The van der Waals surface area contributed by atoms with Gasteiger partial charge >= 0.3 is 0 Å². The molecule has 0 aliphatic heterocycles. The summed E-state index contributed by atoms with van der Waals surface area (Å²) >= 11 is 0. The van der Waals surface area contributed by atoms with Crippen molar-refractivity contribution in [1.29, 1.82) is 0 Å². The Morgan fingerprint density at radius 3 is 2.87 bits per heavy atom. The van der Waals surface area contributed by atoms with Gasteiger partial charge in [-0.1, -0.05) is 6.92 Å². The van der Waals surface area contributed by atoms with Gasteiger partial charge in [0.2, 0.25) is 0 Å². The lowest BCUT2D eigenvalue weighted by Gasteiger charge is -2.29. The molecule has 3 nitrogen and oxygen atoms in total. The second-order valence-corrected chi connectivity index (χ2v) is 4.24. The molecule has 1 aliphatic carbocycles. The molecule has 1 aromatic heterocycles. The number of hydrogen-bond acceptors (Lipinski definition) is 3. The fraction of sp³-hybridized carbons (Fsp3) is 0.667. The van der Waals surface area contributed by atoms with Gasteiger partial charge in [-0.25, -0.2) is 0 Å². The van der Waals surface area contributed by atoms with Crippen molar-refractivity contribution in [2.24, 2.45) is 5.73 Å². The molecule has 1 fully saturated rings. The Bertz CT molecular complexity index is 280. The Labute approximate surface area is 91.2 Å². The average Bonchev–Trinajstić information content (AvgIpc) is 2.96. The number of rotatable bonds is 6. The number of nitrogens with zero attached hydrogens (tertiary/aromatic N) is 1. The van der Waals surface area contributed by atoms with Crippen molar-refractivity contribution in [3.8, 4) is 0 Å². The third kappa shape index (κ3) is 2.41. The van der Waals surface area contributed by atoms with Crippen LogP contribution in [0.15, 0.2) is 22.8 Å². The quantitative estimate of drug-likeness (QED) is 0.779. The lowest BCUT2D eigenvalue weighted by molar-refractivity contribution is 0.170. The molecular formula is C12H20N2O. The normalized spacial score (nSPS) is 18.3. The molecule has 0 bridgehead atoms. The molecule has 0 aromatic carbocycles. The number of nitrogens with two attached hydrogens (primary N) is 1. The Hall–Kier alpha value is -0.800. The van der Waals surface area contributed by atoms with Gasteiger partial charge in [-0.05, 0) is 37.9 Å². The summed E-state index contributed by atoms with van der Waals surface area (Å²) in [6.45, 7) is 3.97. The van der Waals surface area contributed by atoms with E-state index in [-0.39, 0.29) is 6.04 Å². The summed E-state index contributed by atoms with van der Waals surface area (Å²) in [6, 6.07) is 4.98. The zero-order chi connectivity index (χ0) is 10.7. The van der Waals surface area contributed by atoms with Gasteiger partial charge < -0.3 is 10.2 Å². The third-order valence-electron chi connectivity index (χ3n) is 2.99. The van der Waals surface area contributed by atoms with E-state index >= 15 is 0 Å². The van der Waals surface area contributed by atoms with Crippen LogP contribution < -0.4 is 5.73 Å². The first-order chi connectivity index (χ1) is 7.36. The molecule has 0 saturated heterocycles. The van der Waals surface area contributed by atoms with E-state index in [1.54, 1.807) is 6.26 Å². The zero-order valence-corrected chi connectivity index (χ0v) is 9.36. The molecule has 15 heavy (non-hydrogen) atoms. The first-order valence-electron chi connectivity index (χ1n) is 5.86. The largest absolute Gasteiger partial charge is 0.468 e. The minimum atomic E-state index is 0.271. The highest BCUT2D eigenvalue weighted by Crippen LogP contribution is 2.34. The highest BCUT2D eigenvalue weighted by Gasteiger charge is 2.34. The summed E-state index contributed by atoms with van der Waals surface area (Å²) in [5.41, 5.74) is 5.86. The van der Waals surface area contributed by atoms with Crippen LogP contribution in [0, 0.1) is 0 Å². The Morgan fingerprint density at radius 2 is 2.40 bits per heavy atom. The van der Waals surface area contributed by atoms with E-state index in [2.05, 4.69) is 11.8 Å². The fourth-order valence-electron chi connectivity index (χ4n) is 2.15. The van der Waals surface area contributed by atoms with Gasteiger partial charge in [0.05, 0.1) is 12.3 Å². The highest BCUT2D eigenvalue weighted by atomic mass is 16.3. The van der Waals surface area contributed by atoms with E-state index < -0.39 is 0 Å². The predicted octanol–water partition coefficient (Wildman–Crippen LogP) is 2.15. The number of furan rings is 1. The van der Waals surface area contributed by atoms with Crippen molar-refractivity contribution in [3.05, 3.63) is 24.2 Å². The lowest BCUT2D eigenvalue weighted by atomic mass is 10.1. The second kappa shape index (κ2) is 4.81. The van der Waals surface area contributed by atoms with E-state index in [1.165, 1.54) is 19.3 Å². The van der Waals surface area contributed by atoms with E-state index in [4.69, 9.17) is 10.2 Å². The minimum absolute atomic E-state index is 0.271. The first kappa shape index (κ1) is 10.7. The molecule has 1 aromatic rings. The molecule has 1 atom stereocenters. The van der Waals surface area contributed by atoms with Gasteiger partial charge in [0.15, 0.2) is 0 Å².